The van der Waals surface area contributed by atoms with Crippen LogP contribution < -0.4 is 0 Å². The van der Waals surface area contributed by atoms with Gasteiger partial charge in [-0.3, -0.25) is 4.90 Å². The summed E-state index contributed by atoms with van der Waals surface area (Å²) >= 11 is 0. The lowest BCUT2D eigenvalue weighted by Gasteiger charge is -2.27. The average Bonchev–Trinajstić information content (AvgIpc) is 2.86. The van der Waals surface area contributed by atoms with E-state index in [2.05, 4.69) is 9.80 Å². The Morgan fingerprint density at radius 1 is 1.10 bits per heavy atom. The maximum Gasteiger partial charge on any atom is 0.123 e. The second-order valence-electron chi connectivity index (χ2n) is 6.22. The molecule has 0 radical (unpaired) electrons. The minimum Gasteiger partial charge on any atom is -0.376 e. The summed E-state index contributed by atoms with van der Waals surface area (Å²) in [4.78, 5) is 4.92. The first-order valence-corrected chi connectivity index (χ1v) is 8.10. The number of likely N-dealkylation sites (tertiary alicyclic amines) is 1. The highest BCUT2D eigenvalue weighted by atomic mass is 19.1. The van der Waals surface area contributed by atoms with Crippen LogP contribution in [0.3, 0.4) is 0 Å². The quantitative estimate of drug-likeness (QED) is 0.848. The SMILES string of the molecule is Fc1cccc(CN2CCCO[C@H](CN3CCCC3)C2)c1. The zero-order valence-electron chi connectivity index (χ0n) is 12.6. The van der Waals surface area contributed by atoms with Crippen LogP contribution in [-0.2, 0) is 11.3 Å². The summed E-state index contributed by atoms with van der Waals surface area (Å²) in [6, 6.07) is 6.94. The first-order valence-electron chi connectivity index (χ1n) is 8.10. The molecule has 0 amide bonds. The van der Waals surface area contributed by atoms with Gasteiger partial charge < -0.3 is 9.64 Å². The number of rotatable bonds is 4. The van der Waals surface area contributed by atoms with E-state index in [-0.39, 0.29) is 5.82 Å². The van der Waals surface area contributed by atoms with Crippen molar-refractivity contribution in [3.05, 3.63) is 35.6 Å². The Kier molecular flexibility index (Phi) is 5.22. The molecule has 2 aliphatic rings. The minimum absolute atomic E-state index is 0.146. The number of nitrogens with zero attached hydrogens (tertiary/aromatic N) is 2. The number of halogens is 1. The molecule has 1 aromatic rings. The summed E-state index contributed by atoms with van der Waals surface area (Å²) in [6.45, 7) is 7.11. The van der Waals surface area contributed by atoms with Crippen molar-refractivity contribution in [3.63, 3.8) is 0 Å². The van der Waals surface area contributed by atoms with Crippen LogP contribution in [0.5, 0.6) is 0 Å². The van der Waals surface area contributed by atoms with Gasteiger partial charge in [0.25, 0.3) is 0 Å². The maximum atomic E-state index is 13.3. The number of benzene rings is 1. The smallest absolute Gasteiger partial charge is 0.123 e. The summed E-state index contributed by atoms with van der Waals surface area (Å²) < 4.78 is 19.3. The van der Waals surface area contributed by atoms with Crippen LogP contribution in [0.1, 0.15) is 24.8 Å². The van der Waals surface area contributed by atoms with Crippen molar-refractivity contribution in [1.29, 1.82) is 0 Å². The highest BCUT2D eigenvalue weighted by Gasteiger charge is 2.22. The predicted octanol–water partition coefficient (Wildman–Crippen LogP) is 2.51. The van der Waals surface area contributed by atoms with Crippen LogP contribution >= 0.6 is 0 Å². The third kappa shape index (κ3) is 4.50. The number of hydrogen-bond donors (Lipinski definition) is 0. The van der Waals surface area contributed by atoms with Crippen LogP contribution in [0.15, 0.2) is 24.3 Å². The molecule has 21 heavy (non-hydrogen) atoms. The molecule has 3 nitrogen and oxygen atoms in total. The molecule has 2 fully saturated rings. The summed E-state index contributed by atoms with van der Waals surface area (Å²) in [5.74, 6) is -0.146. The fraction of sp³-hybridized carbons (Fsp3) is 0.647. The Labute approximate surface area is 126 Å². The van der Waals surface area contributed by atoms with Gasteiger partial charge in [0, 0.05) is 32.8 Å². The topological polar surface area (TPSA) is 15.7 Å². The van der Waals surface area contributed by atoms with E-state index in [1.165, 1.54) is 32.0 Å². The Morgan fingerprint density at radius 3 is 2.71 bits per heavy atom. The van der Waals surface area contributed by atoms with Gasteiger partial charge >= 0.3 is 0 Å². The van der Waals surface area contributed by atoms with Gasteiger partial charge in [0.2, 0.25) is 0 Å². The molecule has 0 unspecified atom stereocenters. The van der Waals surface area contributed by atoms with Crippen molar-refractivity contribution >= 4 is 0 Å². The second-order valence-corrected chi connectivity index (χ2v) is 6.22. The molecule has 1 aromatic carbocycles. The van der Waals surface area contributed by atoms with Crippen molar-refractivity contribution in [2.24, 2.45) is 0 Å². The number of ether oxygens (including phenoxy) is 1. The van der Waals surface area contributed by atoms with Crippen molar-refractivity contribution < 1.29 is 9.13 Å². The molecule has 2 aliphatic heterocycles. The molecule has 0 spiro atoms. The normalized spacial score (nSPS) is 25.1. The zero-order valence-corrected chi connectivity index (χ0v) is 12.6. The molecule has 1 atom stereocenters. The van der Waals surface area contributed by atoms with Crippen LogP contribution in [0.4, 0.5) is 4.39 Å². The first-order chi connectivity index (χ1) is 10.3. The molecular weight excluding hydrogens is 267 g/mol. The van der Waals surface area contributed by atoms with Crippen LogP contribution in [0.25, 0.3) is 0 Å². The Balaban J connectivity index is 1.56. The van der Waals surface area contributed by atoms with Gasteiger partial charge in [0.1, 0.15) is 5.82 Å². The molecule has 0 N–H and O–H groups in total. The highest BCUT2D eigenvalue weighted by molar-refractivity contribution is 5.16. The lowest BCUT2D eigenvalue weighted by molar-refractivity contribution is 0.0308. The zero-order chi connectivity index (χ0) is 14.5. The lowest BCUT2D eigenvalue weighted by Crippen LogP contribution is -2.39. The molecule has 0 aliphatic carbocycles. The molecule has 3 rings (SSSR count). The second kappa shape index (κ2) is 7.34. The van der Waals surface area contributed by atoms with E-state index in [4.69, 9.17) is 4.74 Å². The fourth-order valence-electron chi connectivity index (χ4n) is 3.37. The molecule has 0 saturated carbocycles. The van der Waals surface area contributed by atoms with Gasteiger partial charge in [0.05, 0.1) is 6.10 Å². The minimum atomic E-state index is -0.146. The van der Waals surface area contributed by atoms with E-state index in [1.54, 1.807) is 12.1 Å². The van der Waals surface area contributed by atoms with Crippen LogP contribution in [-0.4, -0.2) is 55.2 Å². The first kappa shape index (κ1) is 14.9. The van der Waals surface area contributed by atoms with Gasteiger partial charge in [-0.05, 0) is 50.0 Å². The highest BCUT2D eigenvalue weighted by Crippen LogP contribution is 2.15. The van der Waals surface area contributed by atoms with Gasteiger partial charge in [-0.1, -0.05) is 12.1 Å². The van der Waals surface area contributed by atoms with E-state index in [9.17, 15) is 4.39 Å². The monoisotopic (exact) mass is 292 g/mol. The van der Waals surface area contributed by atoms with Crippen molar-refractivity contribution in [3.8, 4) is 0 Å². The standard InChI is InChI=1S/C17H25FN2O/c18-16-6-3-5-15(11-16)12-20-9-4-10-21-17(14-20)13-19-7-1-2-8-19/h3,5-6,11,17H,1-2,4,7-10,12-14H2/t17-/m1/s1. The number of hydrogen-bond acceptors (Lipinski definition) is 3. The Morgan fingerprint density at radius 2 is 1.90 bits per heavy atom. The van der Waals surface area contributed by atoms with E-state index in [0.29, 0.717) is 6.10 Å². The average molecular weight is 292 g/mol. The van der Waals surface area contributed by atoms with Crippen molar-refractivity contribution in [2.45, 2.75) is 31.9 Å². The van der Waals surface area contributed by atoms with Crippen molar-refractivity contribution in [1.82, 2.24) is 9.80 Å². The third-order valence-corrected chi connectivity index (χ3v) is 4.39. The van der Waals surface area contributed by atoms with E-state index in [0.717, 1.165) is 44.8 Å². The summed E-state index contributed by atoms with van der Waals surface area (Å²) in [5, 5.41) is 0. The van der Waals surface area contributed by atoms with E-state index >= 15 is 0 Å². The van der Waals surface area contributed by atoms with Gasteiger partial charge in [-0.2, -0.15) is 0 Å². The fourth-order valence-corrected chi connectivity index (χ4v) is 3.37. The van der Waals surface area contributed by atoms with Crippen molar-refractivity contribution in [2.75, 3.05) is 39.3 Å². The predicted molar refractivity (Wildman–Crippen MR) is 81.7 cm³/mol. The van der Waals surface area contributed by atoms with Gasteiger partial charge in [-0.25, -0.2) is 4.39 Å². The van der Waals surface area contributed by atoms with E-state index in [1.807, 2.05) is 6.07 Å². The summed E-state index contributed by atoms with van der Waals surface area (Å²) in [7, 11) is 0. The largest absolute Gasteiger partial charge is 0.376 e. The van der Waals surface area contributed by atoms with Gasteiger partial charge in [-0.15, -0.1) is 0 Å². The molecule has 2 heterocycles. The van der Waals surface area contributed by atoms with Gasteiger partial charge in [0.15, 0.2) is 0 Å². The molecule has 0 bridgehead atoms. The molecule has 4 heteroatoms. The summed E-state index contributed by atoms with van der Waals surface area (Å²) in [6.07, 6.45) is 3.99. The summed E-state index contributed by atoms with van der Waals surface area (Å²) in [5.41, 5.74) is 1.05. The maximum absolute atomic E-state index is 13.3. The molecule has 2 saturated heterocycles. The molecular formula is C17H25FN2O. The van der Waals surface area contributed by atoms with Crippen LogP contribution in [0.2, 0.25) is 0 Å². The molecule has 0 aromatic heterocycles. The Bertz CT molecular complexity index is 448. The lowest BCUT2D eigenvalue weighted by atomic mass is 10.2. The van der Waals surface area contributed by atoms with E-state index < -0.39 is 0 Å². The Hall–Kier alpha value is -0.970. The van der Waals surface area contributed by atoms with Crippen LogP contribution in [0, 0.1) is 5.82 Å². The molecule has 116 valence electrons. The third-order valence-electron chi connectivity index (χ3n) is 4.39.